The summed E-state index contributed by atoms with van der Waals surface area (Å²) in [6.45, 7) is 0. The van der Waals surface area contributed by atoms with Crippen molar-refractivity contribution in [3.8, 4) is 11.5 Å². The Balaban J connectivity index is 1.45. The zero-order valence-corrected chi connectivity index (χ0v) is 25.8. The molecule has 4 aromatic rings. The summed E-state index contributed by atoms with van der Waals surface area (Å²) in [7, 11) is -9.73. The van der Waals surface area contributed by atoms with E-state index >= 15 is 0 Å². The third kappa shape index (κ3) is 5.61. The Bertz CT molecular complexity index is 2490. The van der Waals surface area contributed by atoms with Gasteiger partial charge in [0.1, 0.15) is 15.6 Å². The number of fused-ring (bicyclic) bond motifs is 2. The molecular formula is C33H18N4O9S2. The molecule has 0 saturated heterocycles. The highest BCUT2D eigenvalue weighted by Crippen LogP contribution is 2.36. The lowest BCUT2D eigenvalue weighted by Crippen LogP contribution is -2.25. The number of nitrogens with zero attached hydrogens (tertiary/aromatic N) is 4. The van der Waals surface area contributed by atoms with Gasteiger partial charge in [-0.25, -0.2) is 0 Å². The molecule has 0 spiro atoms. The minimum atomic E-state index is -4.92. The molecule has 48 heavy (non-hydrogen) atoms. The Hall–Kier alpha value is -6.37. The van der Waals surface area contributed by atoms with Crippen LogP contribution in [0.25, 0.3) is 20.9 Å². The zero-order chi connectivity index (χ0) is 34.2. The molecule has 2 aliphatic rings. The molecule has 236 valence electrons. The molecule has 0 atom stereocenters. The molecule has 13 nitrogen and oxygen atoms in total. The third-order valence-corrected chi connectivity index (χ3v) is 9.83. The first-order valence-corrected chi connectivity index (χ1v) is 16.6. The highest BCUT2D eigenvalue weighted by atomic mass is 32.2. The van der Waals surface area contributed by atoms with Gasteiger partial charge in [0.2, 0.25) is 0 Å². The standard InChI is InChI=1S/C33H18N4O9S2/c34-36-26-17-29(21-10-4-6-12-23(21)32(26)39)47(41,42)45-20-14-15-25(31(38)19-8-2-1-3-9-19)28(16-20)46-48(43,44)30-18-27(37-35)33(40)24-13-7-5-11-22(24)30/h1-18H. The van der Waals surface area contributed by atoms with E-state index in [-0.39, 0.29) is 33.4 Å². The van der Waals surface area contributed by atoms with Crippen molar-refractivity contribution < 1.29 is 49.2 Å². The van der Waals surface area contributed by atoms with Crippen molar-refractivity contribution >= 4 is 58.8 Å². The van der Waals surface area contributed by atoms with Crippen LogP contribution >= 0.6 is 0 Å². The number of Topliss-reactive ketones (excluding diaryl/α,β-unsaturated/α-hetero) is 2. The Labute approximate surface area is 272 Å². The fourth-order valence-electron chi connectivity index (χ4n) is 5.06. The predicted molar refractivity (Wildman–Crippen MR) is 170 cm³/mol. The summed E-state index contributed by atoms with van der Waals surface area (Å²) < 4.78 is 65.5. The fourth-order valence-corrected chi connectivity index (χ4v) is 7.37. The molecule has 0 heterocycles. The largest absolute Gasteiger partial charge is 0.379 e. The van der Waals surface area contributed by atoms with E-state index in [0.29, 0.717) is 0 Å². The van der Waals surface area contributed by atoms with E-state index in [4.69, 9.17) is 8.37 Å². The van der Waals surface area contributed by atoms with E-state index < -0.39 is 70.3 Å². The number of benzene rings is 4. The lowest BCUT2D eigenvalue weighted by Gasteiger charge is -2.18. The average molecular weight is 679 g/mol. The molecule has 6 rings (SSSR count). The van der Waals surface area contributed by atoms with Gasteiger partial charge in [-0.3, -0.25) is 14.4 Å². The summed E-state index contributed by atoms with van der Waals surface area (Å²) in [4.78, 5) is 43.5. The lowest BCUT2D eigenvalue weighted by molar-refractivity contribution is -0.00460. The number of carbonyl (C=O) groups excluding carboxylic acids is 3. The van der Waals surface area contributed by atoms with Crippen molar-refractivity contribution in [1.82, 2.24) is 0 Å². The topological polar surface area (TPSA) is 211 Å². The number of ketones is 3. The summed E-state index contributed by atoms with van der Waals surface area (Å²) in [5, 5.41) is 0. The summed E-state index contributed by atoms with van der Waals surface area (Å²) in [6.07, 6.45) is 1.63. The molecule has 0 saturated carbocycles. The minimum Gasteiger partial charge on any atom is -0.379 e. The molecule has 4 aromatic carbocycles. The first-order chi connectivity index (χ1) is 22.9. The molecule has 0 fully saturated rings. The van der Waals surface area contributed by atoms with Gasteiger partial charge in [-0.2, -0.15) is 26.4 Å². The second kappa shape index (κ2) is 12.1. The summed E-state index contributed by atoms with van der Waals surface area (Å²) in [5.41, 5.74) is 17.1. The smallest absolute Gasteiger partial charge is 0.364 e. The monoisotopic (exact) mass is 678 g/mol. The van der Waals surface area contributed by atoms with E-state index in [1.54, 1.807) is 18.2 Å². The molecule has 0 unspecified atom stereocenters. The Kier molecular flexibility index (Phi) is 7.97. The summed E-state index contributed by atoms with van der Waals surface area (Å²) >= 11 is 0. The molecule has 0 radical (unpaired) electrons. The zero-order valence-electron chi connectivity index (χ0n) is 24.2. The lowest BCUT2D eigenvalue weighted by atomic mass is 9.95. The van der Waals surface area contributed by atoms with Gasteiger partial charge in [0.05, 0.1) is 17.7 Å². The van der Waals surface area contributed by atoms with Crippen molar-refractivity contribution in [2.75, 3.05) is 0 Å². The van der Waals surface area contributed by atoms with Gasteiger partial charge in [0.25, 0.3) is 11.6 Å². The van der Waals surface area contributed by atoms with Crippen LogP contribution in [-0.4, -0.2) is 55.2 Å². The van der Waals surface area contributed by atoms with Crippen LogP contribution in [0, 0.1) is 0 Å². The van der Waals surface area contributed by atoms with Crippen LogP contribution in [0.15, 0.2) is 109 Å². The van der Waals surface area contributed by atoms with Gasteiger partial charge in [0.15, 0.2) is 11.5 Å². The number of hydrogen-bond acceptors (Lipinski definition) is 9. The van der Waals surface area contributed by atoms with Gasteiger partial charge in [0, 0.05) is 33.9 Å². The summed E-state index contributed by atoms with van der Waals surface area (Å²) in [6, 6.07) is 22.1. The first-order valence-electron chi connectivity index (χ1n) is 13.7. The minimum absolute atomic E-state index is 0.0383. The summed E-state index contributed by atoms with van der Waals surface area (Å²) in [5.74, 6) is -3.30. The van der Waals surface area contributed by atoms with Crippen LogP contribution in [0.5, 0.6) is 11.5 Å². The number of allylic oxidation sites excluding steroid dienone is 2. The Morgan fingerprint density at radius 2 is 1.04 bits per heavy atom. The van der Waals surface area contributed by atoms with E-state index in [2.05, 4.69) is 9.58 Å². The highest BCUT2D eigenvalue weighted by Gasteiger charge is 2.38. The van der Waals surface area contributed by atoms with Crippen LogP contribution in [-0.2, 0) is 20.2 Å². The number of carbonyl (C=O) groups is 3. The van der Waals surface area contributed by atoms with Gasteiger partial charge < -0.3 is 19.4 Å². The molecule has 0 aliphatic heterocycles. The van der Waals surface area contributed by atoms with Crippen LogP contribution in [0.4, 0.5) is 0 Å². The fraction of sp³-hybridized carbons (Fsp3) is 0. The molecular weight excluding hydrogens is 661 g/mol. The number of hydrogen-bond donors (Lipinski definition) is 0. The van der Waals surface area contributed by atoms with Gasteiger partial charge in [-0.05, 0) is 12.1 Å². The molecule has 15 heteroatoms. The van der Waals surface area contributed by atoms with Crippen molar-refractivity contribution in [2.24, 2.45) is 0 Å². The van der Waals surface area contributed by atoms with Crippen LogP contribution in [0.2, 0.25) is 0 Å². The second-order valence-electron chi connectivity index (χ2n) is 10.2. The van der Waals surface area contributed by atoms with E-state index in [1.165, 1.54) is 60.7 Å². The van der Waals surface area contributed by atoms with Crippen molar-refractivity contribution in [1.29, 1.82) is 0 Å². The van der Waals surface area contributed by atoms with Crippen molar-refractivity contribution in [3.63, 3.8) is 0 Å². The van der Waals surface area contributed by atoms with E-state index in [9.17, 15) is 42.3 Å². The Morgan fingerprint density at radius 3 is 1.54 bits per heavy atom. The maximum atomic E-state index is 13.8. The van der Waals surface area contributed by atoms with Crippen LogP contribution < -0.4 is 8.37 Å². The maximum Gasteiger partial charge on any atom is 0.364 e. The SMILES string of the molecule is [N-]=[N+]=C1C=C(S(=O)(=O)Oc2ccc(C(=O)c3ccccc3)c(OS(=O)(=O)C3=CC(=[N+]=[N-])C(=O)c4ccccc43)c2)c2ccccc2C1=O. The predicted octanol–water partition coefficient (Wildman–Crippen LogP) is 4.15. The number of rotatable bonds is 8. The molecule has 0 amide bonds. The quantitative estimate of drug-likeness (QED) is 0.113. The van der Waals surface area contributed by atoms with Crippen molar-refractivity contribution in [3.05, 3.63) is 154 Å². The Morgan fingerprint density at radius 1 is 0.583 bits per heavy atom. The van der Waals surface area contributed by atoms with Crippen LogP contribution in [0.3, 0.4) is 0 Å². The van der Waals surface area contributed by atoms with Gasteiger partial charge >= 0.3 is 31.7 Å². The normalized spacial score (nSPS) is 14.1. The molecule has 2 aliphatic carbocycles. The highest BCUT2D eigenvalue weighted by molar-refractivity contribution is 7.97. The molecule has 0 bridgehead atoms. The second-order valence-corrected chi connectivity index (χ2v) is 13.2. The first kappa shape index (κ1) is 31.6. The third-order valence-electron chi connectivity index (χ3n) is 7.27. The average Bonchev–Trinajstić information content (AvgIpc) is 3.08. The van der Waals surface area contributed by atoms with Crippen LogP contribution in [0.1, 0.15) is 47.8 Å². The van der Waals surface area contributed by atoms with E-state index in [0.717, 1.165) is 30.4 Å². The van der Waals surface area contributed by atoms with Gasteiger partial charge in [-0.1, -0.05) is 78.9 Å². The van der Waals surface area contributed by atoms with Gasteiger partial charge in [-0.15, -0.1) is 0 Å². The van der Waals surface area contributed by atoms with E-state index in [1.807, 2.05) is 0 Å². The molecule has 0 aromatic heterocycles. The molecule has 0 N–H and O–H groups in total. The van der Waals surface area contributed by atoms with Crippen molar-refractivity contribution in [2.45, 2.75) is 0 Å². The maximum absolute atomic E-state index is 13.8.